The molecule has 0 radical (unpaired) electrons. The molecule has 1 aromatic carbocycles. The number of fused-ring (bicyclic) bond motifs is 2. The molecule has 0 N–H and O–H groups in total. The Hall–Kier alpha value is -3.38. The molecule has 0 fully saturated rings. The summed E-state index contributed by atoms with van der Waals surface area (Å²) < 4.78 is 17.9. The van der Waals surface area contributed by atoms with E-state index in [4.69, 9.17) is 0 Å². The number of benzene rings is 1. The van der Waals surface area contributed by atoms with Crippen molar-refractivity contribution in [1.82, 2.24) is 28.6 Å². The minimum Gasteiger partial charge on any atom is -0.315 e. The predicted molar refractivity (Wildman–Crippen MR) is 121 cm³/mol. The number of carbonyl (C=O) groups excluding carboxylic acids is 1. The van der Waals surface area contributed by atoms with Gasteiger partial charge in [-0.2, -0.15) is 0 Å². The number of aryl methyl sites for hydroxylation is 1. The molecule has 0 aliphatic carbocycles. The highest BCUT2D eigenvalue weighted by Gasteiger charge is 2.23. The van der Waals surface area contributed by atoms with Gasteiger partial charge in [-0.3, -0.25) is 23.6 Å². The van der Waals surface area contributed by atoms with Crippen LogP contribution in [0.1, 0.15) is 0 Å². The van der Waals surface area contributed by atoms with E-state index in [9.17, 15) is 18.8 Å². The van der Waals surface area contributed by atoms with Crippen LogP contribution in [0.2, 0.25) is 0 Å². The van der Waals surface area contributed by atoms with Crippen LogP contribution in [0.15, 0.2) is 34.1 Å². The summed E-state index contributed by atoms with van der Waals surface area (Å²) in [5, 5.41) is 0.446. The van der Waals surface area contributed by atoms with Crippen molar-refractivity contribution >= 4 is 43.8 Å². The van der Waals surface area contributed by atoms with Gasteiger partial charge in [0.1, 0.15) is 12.4 Å². The van der Waals surface area contributed by atoms with Crippen LogP contribution in [0.4, 0.5) is 9.52 Å². The lowest BCUT2D eigenvalue weighted by molar-refractivity contribution is -0.119. The van der Waals surface area contributed by atoms with Crippen LogP contribution in [0.25, 0.3) is 21.4 Å². The monoisotopic (exact) mass is 459 g/mol. The second kappa shape index (κ2) is 8.28. The third-order valence-electron chi connectivity index (χ3n) is 5.16. The number of likely N-dealkylation sites (N-methyl/N-ethyl adjacent to an activating group) is 1. The normalized spacial score (nSPS) is 11.7. The maximum Gasteiger partial charge on any atom is 0.332 e. The summed E-state index contributed by atoms with van der Waals surface area (Å²) in [4.78, 5) is 50.3. The number of aromatic nitrogens is 5. The van der Waals surface area contributed by atoms with Crippen LogP contribution in [-0.4, -0.2) is 61.7 Å². The van der Waals surface area contributed by atoms with Gasteiger partial charge < -0.3 is 9.47 Å². The lowest BCUT2D eigenvalue weighted by Gasteiger charge is -2.22. The standard InChI is InChI=1S/C20H22FN7O3S/c1-24(2)7-8-28(19-23-13-6-5-12(21)9-14(13)32-19)15(29)10-27-11-22-17-16(27)18(30)26(4)20(31)25(17)3/h5-6,9,11H,7-8,10H2,1-4H3. The number of anilines is 1. The van der Waals surface area contributed by atoms with E-state index in [-0.39, 0.29) is 29.4 Å². The fraction of sp³-hybridized carbons (Fsp3) is 0.350. The zero-order valence-electron chi connectivity index (χ0n) is 18.1. The van der Waals surface area contributed by atoms with Crippen LogP contribution in [0.5, 0.6) is 0 Å². The van der Waals surface area contributed by atoms with E-state index in [0.717, 1.165) is 4.57 Å². The van der Waals surface area contributed by atoms with Gasteiger partial charge in [0.2, 0.25) is 5.91 Å². The van der Waals surface area contributed by atoms with E-state index >= 15 is 0 Å². The number of nitrogens with zero attached hydrogens (tertiary/aromatic N) is 7. The summed E-state index contributed by atoms with van der Waals surface area (Å²) >= 11 is 1.23. The van der Waals surface area contributed by atoms with Crippen molar-refractivity contribution < 1.29 is 9.18 Å². The zero-order valence-corrected chi connectivity index (χ0v) is 18.9. The first-order chi connectivity index (χ1) is 15.2. The summed E-state index contributed by atoms with van der Waals surface area (Å²) in [5.41, 5.74) is -0.0359. The van der Waals surface area contributed by atoms with Crippen LogP contribution in [0, 0.1) is 5.82 Å². The van der Waals surface area contributed by atoms with Crippen molar-refractivity contribution in [2.24, 2.45) is 14.1 Å². The van der Waals surface area contributed by atoms with E-state index in [1.54, 1.807) is 6.07 Å². The summed E-state index contributed by atoms with van der Waals surface area (Å²) in [7, 11) is 6.69. The number of carbonyl (C=O) groups is 1. The van der Waals surface area contributed by atoms with Gasteiger partial charge in [-0.05, 0) is 32.3 Å². The average Bonchev–Trinajstić information content (AvgIpc) is 3.34. The lowest BCUT2D eigenvalue weighted by atomic mass is 10.3. The van der Waals surface area contributed by atoms with Crippen molar-refractivity contribution in [3.8, 4) is 0 Å². The van der Waals surface area contributed by atoms with E-state index in [0.29, 0.717) is 28.4 Å². The quantitative estimate of drug-likeness (QED) is 0.423. The summed E-state index contributed by atoms with van der Waals surface area (Å²) in [6, 6.07) is 4.29. The third kappa shape index (κ3) is 3.82. The molecule has 4 aromatic rings. The molecular weight excluding hydrogens is 437 g/mol. The van der Waals surface area contributed by atoms with Gasteiger partial charge in [0.25, 0.3) is 5.56 Å². The van der Waals surface area contributed by atoms with Crippen molar-refractivity contribution in [3.05, 3.63) is 51.2 Å². The van der Waals surface area contributed by atoms with Gasteiger partial charge in [0, 0.05) is 27.2 Å². The number of hydrogen-bond acceptors (Lipinski definition) is 7. The highest BCUT2D eigenvalue weighted by Crippen LogP contribution is 2.29. The number of rotatable bonds is 6. The second-order valence-corrected chi connectivity index (χ2v) is 8.72. The summed E-state index contributed by atoms with van der Waals surface area (Å²) in [6.45, 7) is 0.774. The Bertz CT molecular complexity index is 1450. The number of thiazole rings is 1. The second-order valence-electron chi connectivity index (χ2n) is 7.71. The van der Waals surface area contributed by atoms with Gasteiger partial charge in [-0.25, -0.2) is 19.2 Å². The van der Waals surface area contributed by atoms with Crippen molar-refractivity contribution in [2.75, 3.05) is 32.1 Å². The van der Waals surface area contributed by atoms with E-state index < -0.39 is 11.2 Å². The largest absolute Gasteiger partial charge is 0.332 e. The molecule has 0 atom stereocenters. The van der Waals surface area contributed by atoms with Gasteiger partial charge >= 0.3 is 5.69 Å². The van der Waals surface area contributed by atoms with Crippen LogP contribution >= 0.6 is 11.3 Å². The molecule has 3 aromatic heterocycles. The molecule has 0 saturated heterocycles. The zero-order chi connectivity index (χ0) is 23.2. The fourth-order valence-corrected chi connectivity index (χ4v) is 4.41. The predicted octanol–water partition coefficient (Wildman–Crippen LogP) is 0.777. The topological polar surface area (TPSA) is 98.3 Å². The van der Waals surface area contributed by atoms with E-state index in [1.165, 1.54) is 57.9 Å². The molecule has 3 heterocycles. The Morgan fingerprint density at radius 3 is 2.62 bits per heavy atom. The highest BCUT2D eigenvalue weighted by molar-refractivity contribution is 7.22. The summed E-state index contributed by atoms with van der Waals surface area (Å²) in [6.07, 6.45) is 1.38. The van der Waals surface area contributed by atoms with E-state index in [1.807, 2.05) is 19.0 Å². The minimum atomic E-state index is -0.524. The molecule has 0 spiro atoms. The Morgan fingerprint density at radius 1 is 1.16 bits per heavy atom. The number of halogens is 1. The van der Waals surface area contributed by atoms with Crippen LogP contribution in [-0.2, 0) is 25.4 Å². The van der Waals surface area contributed by atoms with Crippen molar-refractivity contribution in [2.45, 2.75) is 6.54 Å². The highest BCUT2D eigenvalue weighted by atomic mass is 32.1. The number of imidazole rings is 1. The SMILES string of the molecule is CN(C)CCN(C(=O)Cn1cnc2c1c(=O)n(C)c(=O)n2C)c1nc2ccc(F)cc2s1. The minimum absolute atomic E-state index is 0.165. The maximum atomic E-state index is 13.6. The van der Waals surface area contributed by atoms with Crippen LogP contribution < -0.4 is 16.1 Å². The average molecular weight is 460 g/mol. The lowest BCUT2D eigenvalue weighted by Crippen LogP contribution is -2.40. The van der Waals surface area contributed by atoms with Gasteiger partial charge in [0.15, 0.2) is 16.3 Å². The first-order valence-corrected chi connectivity index (χ1v) is 10.6. The maximum absolute atomic E-state index is 13.6. The number of hydrogen-bond donors (Lipinski definition) is 0. The smallest absolute Gasteiger partial charge is 0.315 e. The summed E-state index contributed by atoms with van der Waals surface area (Å²) in [5.74, 6) is -0.674. The molecule has 168 valence electrons. The molecule has 0 unspecified atom stereocenters. The Kier molecular flexibility index (Phi) is 5.65. The third-order valence-corrected chi connectivity index (χ3v) is 6.21. The molecule has 12 heteroatoms. The van der Waals surface area contributed by atoms with Gasteiger partial charge in [-0.15, -0.1) is 0 Å². The van der Waals surface area contributed by atoms with Crippen molar-refractivity contribution in [3.63, 3.8) is 0 Å². The molecule has 0 saturated carbocycles. The van der Waals surface area contributed by atoms with Gasteiger partial charge in [0.05, 0.1) is 16.5 Å². The van der Waals surface area contributed by atoms with Crippen molar-refractivity contribution in [1.29, 1.82) is 0 Å². The molecule has 0 bridgehead atoms. The molecule has 10 nitrogen and oxygen atoms in total. The Balaban J connectivity index is 1.73. The molecule has 4 rings (SSSR count). The van der Waals surface area contributed by atoms with Gasteiger partial charge in [-0.1, -0.05) is 11.3 Å². The molecule has 0 aliphatic rings. The van der Waals surface area contributed by atoms with Crippen LogP contribution in [0.3, 0.4) is 0 Å². The molecular formula is C20H22FN7O3S. The fourth-order valence-electron chi connectivity index (χ4n) is 3.38. The van der Waals surface area contributed by atoms with E-state index in [2.05, 4.69) is 9.97 Å². The first kappa shape index (κ1) is 21.8. The number of amides is 1. The Morgan fingerprint density at radius 2 is 1.91 bits per heavy atom. The molecule has 1 amide bonds. The first-order valence-electron chi connectivity index (χ1n) is 9.79. The Labute approximate surface area is 185 Å². The molecule has 0 aliphatic heterocycles. The molecule has 32 heavy (non-hydrogen) atoms.